The Balaban J connectivity index is 2.51. The van der Waals surface area contributed by atoms with Gasteiger partial charge in [-0.1, -0.05) is 46.0 Å². The maximum absolute atomic E-state index is 6.17. The second kappa shape index (κ2) is 8.08. The molecule has 0 saturated carbocycles. The van der Waals surface area contributed by atoms with Crippen LogP contribution < -0.4 is 11.1 Å². The van der Waals surface area contributed by atoms with Crippen LogP contribution in [0.1, 0.15) is 65.0 Å². The molecule has 4 heteroatoms. The van der Waals surface area contributed by atoms with E-state index in [9.17, 15) is 0 Å². The Morgan fingerprint density at radius 1 is 1.21 bits per heavy atom. The molecule has 0 aliphatic rings. The molecule has 1 aromatic rings. The fourth-order valence-electron chi connectivity index (χ4n) is 2.37. The van der Waals surface area contributed by atoms with Crippen molar-refractivity contribution >= 4 is 11.5 Å². The van der Waals surface area contributed by atoms with Crippen molar-refractivity contribution in [2.24, 2.45) is 7.05 Å². The second-order valence-corrected chi connectivity index (χ2v) is 5.48. The molecular formula is C15H30N4. The molecule has 0 radical (unpaired) electrons. The summed E-state index contributed by atoms with van der Waals surface area (Å²) in [7, 11) is 1.96. The minimum Gasteiger partial charge on any atom is -0.394 e. The van der Waals surface area contributed by atoms with E-state index in [1.165, 1.54) is 32.1 Å². The summed E-state index contributed by atoms with van der Waals surface area (Å²) in [6.07, 6.45) is 8.44. The van der Waals surface area contributed by atoms with E-state index in [0.717, 1.165) is 30.0 Å². The minimum atomic E-state index is 0.448. The van der Waals surface area contributed by atoms with Gasteiger partial charge in [0.15, 0.2) is 0 Å². The first-order valence-corrected chi connectivity index (χ1v) is 7.68. The molecule has 0 aliphatic heterocycles. The summed E-state index contributed by atoms with van der Waals surface area (Å²) in [5.41, 5.74) is 8.01. The van der Waals surface area contributed by atoms with Crippen LogP contribution in [0.2, 0.25) is 0 Å². The van der Waals surface area contributed by atoms with Gasteiger partial charge in [-0.25, -0.2) is 0 Å². The van der Waals surface area contributed by atoms with Gasteiger partial charge in [-0.15, -0.1) is 0 Å². The molecule has 0 fully saturated rings. The van der Waals surface area contributed by atoms with Crippen molar-refractivity contribution in [2.45, 2.75) is 71.8 Å². The summed E-state index contributed by atoms with van der Waals surface area (Å²) in [6.45, 7) is 6.61. The molecule has 1 rings (SSSR count). The number of nitrogens with zero attached hydrogens (tertiary/aromatic N) is 2. The zero-order valence-corrected chi connectivity index (χ0v) is 13.0. The van der Waals surface area contributed by atoms with Crippen LogP contribution in [0, 0.1) is 0 Å². The molecule has 19 heavy (non-hydrogen) atoms. The summed E-state index contributed by atoms with van der Waals surface area (Å²) in [6, 6.07) is 0.448. The molecular weight excluding hydrogens is 236 g/mol. The van der Waals surface area contributed by atoms with Gasteiger partial charge < -0.3 is 11.1 Å². The lowest BCUT2D eigenvalue weighted by atomic mass is 10.1. The number of unbranched alkanes of at least 4 members (excludes halogenated alkanes) is 3. The molecule has 0 spiro atoms. The Bertz CT molecular complexity index is 370. The van der Waals surface area contributed by atoms with E-state index in [-0.39, 0.29) is 0 Å². The van der Waals surface area contributed by atoms with Crippen molar-refractivity contribution in [3.8, 4) is 0 Å². The van der Waals surface area contributed by atoms with Gasteiger partial charge in [0.05, 0.1) is 11.4 Å². The van der Waals surface area contributed by atoms with Crippen LogP contribution in [0.3, 0.4) is 0 Å². The van der Waals surface area contributed by atoms with Crippen LogP contribution in [0.4, 0.5) is 11.5 Å². The number of hydrogen-bond acceptors (Lipinski definition) is 3. The summed E-state index contributed by atoms with van der Waals surface area (Å²) >= 11 is 0. The highest BCUT2D eigenvalue weighted by molar-refractivity contribution is 5.65. The lowest BCUT2D eigenvalue weighted by molar-refractivity contribution is 0.589. The summed E-state index contributed by atoms with van der Waals surface area (Å²) in [5.74, 6) is 0.978. The number of anilines is 2. The summed E-state index contributed by atoms with van der Waals surface area (Å²) in [5, 5.41) is 8.00. The maximum Gasteiger partial charge on any atom is 0.147 e. The Kier molecular flexibility index (Phi) is 6.74. The first-order chi connectivity index (χ1) is 9.10. The van der Waals surface area contributed by atoms with Gasteiger partial charge in [0, 0.05) is 13.1 Å². The monoisotopic (exact) mass is 266 g/mol. The van der Waals surface area contributed by atoms with Crippen LogP contribution in [0.5, 0.6) is 0 Å². The largest absolute Gasteiger partial charge is 0.394 e. The predicted octanol–water partition coefficient (Wildman–Crippen LogP) is 3.73. The SMILES string of the molecule is CCCCCCC(C)Nc1c(N)c(CCC)nn1C. The van der Waals surface area contributed by atoms with Crippen LogP contribution in [0.25, 0.3) is 0 Å². The van der Waals surface area contributed by atoms with Gasteiger partial charge in [-0.2, -0.15) is 5.10 Å². The van der Waals surface area contributed by atoms with Crippen molar-refractivity contribution < 1.29 is 0 Å². The maximum atomic E-state index is 6.17. The first kappa shape index (κ1) is 15.9. The Morgan fingerprint density at radius 3 is 2.58 bits per heavy atom. The van der Waals surface area contributed by atoms with E-state index < -0.39 is 0 Å². The zero-order valence-electron chi connectivity index (χ0n) is 13.0. The third-order valence-corrected chi connectivity index (χ3v) is 3.52. The number of nitrogens with two attached hydrogens (primary N) is 1. The van der Waals surface area contributed by atoms with E-state index in [4.69, 9.17) is 5.73 Å². The Hall–Kier alpha value is -1.19. The number of aromatic nitrogens is 2. The Morgan fingerprint density at radius 2 is 1.95 bits per heavy atom. The van der Waals surface area contributed by atoms with Gasteiger partial charge in [0.1, 0.15) is 5.82 Å². The molecule has 0 bridgehead atoms. The fraction of sp³-hybridized carbons (Fsp3) is 0.800. The lowest BCUT2D eigenvalue weighted by Gasteiger charge is -2.15. The van der Waals surface area contributed by atoms with Crippen molar-refractivity contribution in [1.29, 1.82) is 0 Å². The van der Waals surface area contributed by atoms with Crippen LogP contribution >= 0.6 is 0 Å². The van der Waals surface area contributed by atoms with Gasteiger partial charge in [0.2, 0.25) is 0 Å². The number of hydrogen-bond donors (Lipinski definition) is 2. The molecule has 1 unspecified atom stereocenters. The van der Waals surface area contributed by atoms with Crippen LogP contribution in [-0.2, 0) is 13.5 Å². The number of nitrogens with one attached hydrogen (secondary N) is 1. The summed E-state index contributed by atoms with van der Waals surface area (Å²) in [4.78, 5) is 0. The normalized spacial score (nSPS) is 12.6. The van der Waals surface area contributed by atoms with E-state index in [1.807, 2.05) is 11.7 Å². The topological polar surface area (TPSA) is 55.9 Å². The van der Waals surface area contributed by atoms with Gasteiger partial charge >= 0.3 is 0 Å². The molecule has 0 amide bonds. The quantitative estimate of drug-likeness (QED) is 0.670. The molecule has 4 nitrogen and oxygen atoms in total. The van der Waals surface area contributed by atoms with Gasteiger partial charge in [-0.05, 0) is 19.8 Å². The Labute approximate surface area is 117 Å². The number of aryl methyl sites for hydroxylation is 2. The highest BCUT2D eigenvalue weighted by Crippen LogP contribution is 2.24. The van der Waals surface area contributed by atoms with Crippen molar-refractivity contribution in [2.75, 3.05) is 11.1 Å². The lowest BCUT2D eigenvalue weighted by Crippen LogP contribution is -2.18. The third-order valence-electron chi connectivity index (χ3n) is 3.52. The molecule has 0 aromatic carbocycles. The highest BCUT2D eigenvalue weighted by Gasteiger charge is 2.14. The average molecular weight is 266 g/mol. The van der Waals surface area contributed by atoms with E-state index >= 15 is 0 Å². The highest BCUT2D eigenvalue weighted by atomic mass is 15.3. The molecule has 1 aromatic heterocycles. The van der Waals surface area contributed by atoms with Crippen molar-refractivity contribution in [3.63, 3.8) is 0 Å². The number of nitrogen functional groups attached to an aromatic ring is 1. The van der Waals surface area contributed by atoms with E-state index in [0.29, 0.717) is 6.04 Å². The minimum absolute atomic E-state index is 0.448. The molecule has 1 atom stereocenters. The number of rotatable bonds is 9. The van der Waals surface area contributed by atoms with Crippen molar-refractivity contribution in [1.82, 2.24) is 9.78 Å². The fourth-order valence-corrected chi connectivity index (χ4v) is 2.37. The average Bonchev–Trinajstić information content (AvgIpc) is 2.63. The first-order valence-electron chi connectivity index (χ1n) is 7.68. The molecule has 0 saturated heterocycles. The van der Waals surface area contributed by atoms with Gasteiger partial charge in [0.25, 0.3) is 0 Å². The standard InChI is InChI=1S/C15H30N4/c1-5-7-8-9-11-12(3)17-15-14(16)13(10-6-2)18-19(15)4/h12,17H,5-11,16H2,1-4H3. The van der Waals surface area contributed by atoms with Crippen molar-refractivity contribution in [3.05, 3.63) is 5.69 Å². The van der Waals surface area contributed by atoms with Gasteiger partial charge in [-0.3, -0.25) is 4.68 Å². The smallest absolute Gasteiger partial charge is 0.147 e. The van der Waals surface area contributed by atoms with Crippen LogP contribution in [-0.4, -0.2) is 15.8 Å². The molecule has 110 valence electrons. The molecule has 0 aliphatic carbocycles. The predicted molar refractivity (Wildman–Crippen MR) is 83.5 cm³/mol. The molecule has 1 heterocycles. The zero-order chi connectivity index (χ0) is 14.3. The summed E-state index contributed by atoms with van der Waals surface area (Å²) < 4.78 is 1.88. The van der Waals surface area contributed by atoms with Crippen LogP contribution in [0.15, 0.2) is 0 Å². The van der Waals surface area contributed by atoms with E-state index in [1.54, 1.807) is 0 Å². The second-order valence-electron chi connectivity index (χ2n) is 5.48. The molecule has 3 N–H and O–H groups in total. The third kappa shape index (κ3) is 4.77. The van der Waals surface area contributed by atoms with E-state index in [2.05, 4.69) is 31.2 Å².